The predicted molar refractivity (Wildman–Crippen MR) is 79.1 cm³/mol. The van der Waals surface area contributed by atoms with Gasteiger partial charge < -0.3 is 10.1 Å². The lowest BCUT2D eigenvalue weighted by atomic mass is 10.2. The third-order valence-corrected chi connectivity index (χ3v) is 3.18. The summed E-state index contributed by atoms with van der Waals surface area (Å²) < 4.78 is 5.35. The molecule has 1 N–H and O–H groups in total. The van der Waals surface area contributed by atoms with E-state index in [2.05, 4.69) is 35.1 Å². The Kier molecular flexibility index (Phi) is 8.38. The van der Waals surface area contributed by atoms with Gasteiger partial charge in [-0.15, -0.1) is 0 Å². The lowest BCUT2D eigenvalue weighted by Gasteiger charge is -2.30. The van der Waals surface area contributed by atoms with Gasteiger partial charge in [-0.2, -0.15) is 0 Å². The van der Waals surface area contributed by atoms with Gasteiger partial charge in [-0.25, -0.2) is 0 Å². The van der Waals surface area contributed by atoms with Crippen LogP contribution in [0, 0.1) is 0 Å². The van der Waals surface area contributed by atoms with E-state index in [0.717, 1.165) is 44.9 Å². The van der Waals surface area contributed by atoms with Crippen molar-refractivity contribution in [2.24, 2.45) is 0 Å². The SMILES string of the molecule is CCCNCC(COC)N(CC)Cc1ccccn1. The molecule has 0 fully saturated rings. The summed E-state index contributed by atoms with van der Waals surface area (Å²) in [5.74, 6) is 0. The van der Waals surface area contributed by atoms with Crippen molar-refractivity contribution in [1.29, 1.82) is 0 Å². The van der Waals surface area contributed by atoms with Crippen LogP contribution in [0.2, 0.25) is 0 Å². The van der Waals surface area contributed by atoms with Gasteiger partial charge in [-0.3, -0.25) is 9.88 Å². The summed E-state index contributed by atoms with van der Waals surface area (Å²) >= 11 is 0. The molecule has 1 aromatic heterocycles. The Balaban J connectivity index is 2.56. The van der Waals surface area contributed by atoms with Crippen molar-refractivity contribution in [2.75, 3.05) is 33.4 Å². The van der Waals surface area contributed by atoms with E-state index in [-0.39, 0.29) is 0 Å². The van der Waals surface area contributed by atoms with Crippen LogP contribution in [0.15, 0.2) is 24.4 Å². The van der Waals surface area contributed by atoms with Gasteiger partial charge in [0.25, 0.3) is 0 Å². The Morgan fingerprint density at radius 2 is 2.21 bits per heavy atom. The number of nitrogens with one attached hydrogen (secondary N) is 1. The predicted octanol–water partition coefficient (Wildman–Crippen LogP) is 1.92. The number of rotatable bonds is 10. The van der Waals surface area contributed by atoms with Crippen LogP contribution in [0.5, 0.6) is 0 Å². The average Bonchev–Trinajstić information content (AvgIpc) is 2.45. The van der Waals surface area contributed by atoms with E-state index in [4.69, 9.17) is 4.74 Å². The highest BCUT2D eigenvalue weighted by Gasteiger charge is 2.17. The summed E-state index contributed by atoms with van der Waals surface area (Å²) in [6.07, 6.45) is 3.01. The van der Waals surface area contributed by atoms with Crippen molar-refractivity contribution in [2.45, 2.75) is 32.9 Å². The molecule has 0 radical (unpaired) electrons. The van der Waals surface area contributed by atoms with Gasteiger partial charge >= 0.3 is 0 Å². The Morgan fingerprint density at radius 1 is 1.37 bits per heavy atom. The number of ether oxygens (including phenoxy) is 1. The fraction of sp³-hybridized carbons (Fsp3) is 0.667. The summed E-state index contributed by atoms with van der Waals surface area (Å²) in [6, 6.07) is 6.46. The Bertz CT molecular complexity index is 318. The molecule has 1 unspecified atom stereocenters. The number of likely N-dealkylation sites (N-methyl/N-ethyl adjacent to an activating group) is 1. The highest BCUT2D eigenvalue weighted by atomic mass is 16.5. The second kappa shape index (κ2) is 9.89. The van der Waals surface area contributed by atoms with Crippen molar-refractivity contribution in [3.8, 4) is 0 Å². The zero-order valence-corrected chi connectivity index (χ0v) is 12.4. The summed E-state index contributed by atoms with van der Waals surface area (Å²) in [5, 5.41) is 3.48. The minimum absolute atomic E-state index is 0.392. The normalized spacial score (nSPS) is 12.8. The number of nitrogens with zero attached hydrogens (tertiary/aromatic N) is 2. The van der Waals surface area contributed by atoms with E-state index in [1.807, 2.05) is 18.3 Å². The van der Waals surface area contributed by atoms with Gasteiger partial charge in [0.2, 0.25) is 0 Å². The average molecular weight is 265 g/mol. The lowest BCUT2D eigenvalue weighted by Crippen LogP contribution is -2.45. The van der Waals surface area contributed by atoms with Crippen LogP contribution in [0.1, 0.15) is 26.0 Å². The molecule has 4 nitrogen and oxygen atoms in total. The molecule has 1 heterocycles. The van der Waals surface area contributed by atoms with Crippen LogP contribution in [0.25, 0.3) is 0 Å². The molecule has 0 aromatic carbocycles. The molecule has 0 saturated carbocycles. The van der Waals surface area contributed by atoms with E-state index >= 15 is 0 Å². The molecule has 0 aliphatic carbocycles. The molecule has 1 rings (SSSR count). The third kappa shape index (κ3) is 6.14. The zero-order valence-electron chi connectivity index (χ0n) is 12.4. The number of hydrogen-bond donors (Lipinski definition) is 1. The summed E-state index contributed by atoms with van der Waals surface area (Å²) in [6.45, 7) is 9.01. The van der Waals surface area contributed by atoms with Crippen LogP contribution >= 0.6 is 0 Å². The zero-order chi connectivity index (χ0) is 13.9. The van der Waals surface area contributed by atoms with Gasteiger partial charge in [0, 0.05) is 32.4 Å². The highest BCUT2D eigenvalue weighted by molar-refractivity contribution is 5.03. The summed E-state index contributed by atoms with van der Waals surface area (Å²) in [4.78, 5) is 6.81. The molecule has 4 heteroatoms. The Hall–Kier alpha value is -0.970. The minimum Gasteiger partial charge on any atom is -0.383 e. The number of methoxy groups -OCH3 is 1. The third-order valence-electron chi connectivity index (χ3n) is 3.18. The van der Waals surface area contributed by atoms with E-state index in [1.165, 1.54) is 0 Å². The van der Waals surface area contributed by atoms with Crippen LogP contribution in [0.3, 0.4) is 0 Å². The summed E-state index contributed by atoms with van der Waals surface area (Å²) in [5.41, 5.74) is 1.11. The maximum atomic E-state index is 5.35. The first-order valence-electron chi connectivity index (χ1n) is 7.15. The topological polar surface area (TPSA) is 37.4 Å². The molecule has 0 aliphatic rings. The maximum absolute atomic E-state index is 5.35. The Labute approximate surface area is 117 Å². The quantitative estimate of drug-likeness (QED) is 0.656. The second-order valence-corrected chi connectivity index (χ2v) is 4.70. The monoisotopic (exact) mass is 265 g/mol. The van der Waals surface area contributed by atoms with E-state index in [9.17, 15) is 0 Å². The largest absolute Gasteiger partial charge is 0.383 e. The molecule has 0 aliphatic heterocycles. The van der Waals surface area contributed by atoms with Gasteiger partial charge in [-0.05, 0) is 31.6 Å². The number of pyridine rings is 1. The van der Waals surface area contributed by atoms with Crippen LogP contribution < -0.4 is 5.32 Å². The van der Waals surface area contributed by atoms with E-state index in [0.29, 0.717) is 6.04 Å². The van der Waals surface area contributed by atoms with Crippen molar-refractivity contribution in [1.82, 2.24) is 15.2 Å². The van der Waals surface area contributed by atoms with Crippen molar-refractivity contribution >= 4 is 0 Å². The second-order valence-electron chi connectivity index (χ2n) is 4.70. The Morgan fingerprint density at radius 3 is 2.79 bits per heavy atom. The molecule has 0 bridgehead atoms. The smallest absolute Gasteiger partial charge is 0.0630 e. The van der Waals surface area contributed by atoms with Crippen molar-refractivity contribution < 1.29 is 4.74 Å². The molecule has 0 saturated heterocycles. The fourth-order valence-electron chi connectivity index (χ4n) is 2.13. The molecule has 0 amide bonds. The van der Waals surface area contributed by atoms with Gasteiger partial charge in [0.15, 0.2) is 0 Å². The van der Waals surface area contributed by atoms with Crippen LogP contribution in [0.4, 0.5) is 0 Å². The first-order chi connectivity index (χ1) is 9.31. The van der Waals surface area contributed by atoms with E-state index < -0.39 is 0 Å². The van der Waals surface area contributed by atoms with Gasteiger partial charge in [0.1, 0.15) is 0 Å². The molecule has 1 atom stereocenters. The molecule has 19 heavy (non-hydrogen) atoms. The molecule has 108 valence electrons. The van der Waals surface area contributed by atoms with Crippen molar-refractivity contribution in [3.05, 3.63) is 30.1 Å². The minimum atomic E-state index is 0.392. The standard InChI is InChI=1S/C15H27N3O/c1-4-9-16-11-15(13-19-3)18(5-2)12-14-8-6-7-10-17-14/h6-8,10,15-16H,4-5,9,11-13H2,1-3H3. The van der Waals surface area contributed by atoms with Crippen LogP contribution in [-0.2, 0) is 11.3 Å². The van der Waals surface area contributed by atoms with Crippen molar-refractivity contribution in [3.63, 3.8) is 0 Å². The maximum Gasteiger partial charge on any atom is 0.0630 e. The number of hydrogen-bond acceptors (Lipinski definition) is 4. The lowest BCUT2D eigenvalue weighted by molar-refractivity contribution is 0.0871. The molecule has 0 spiro atoms. The number of aromatic nitrogens is 1. The van der Waals surface area contributed by atoms with Gasteiger partial charge in [0.05, 0.1) is 12.3 Å². The summed E-state index contributed by atoms with van der Waals surface area (Å²) in [7, 11) is 1.77. The molecular weight excluding hydrogens is 238 g/mol. The first-order valence-corrected chi connectivity index (χ1v) is 7.15. The van der Waals surface area contributed by atoms with E-state index in [1.54, 1.807) is 7.11 Å². The molecule has 1 aromatic rings. The molecular formula is C15H27N3O. The fourth-order valence-corrected chi connectivity index (χ4v) is 2.13. The highest BCUT2D eigenvalue weighted by Crippen LogP contribution is 2.06. The van der Waals surface area contributed by atoms with Gasteiger partial charge in [-0.1, -0.05) is 19.9 Å². The van der Waals surface area contributed by atoms with Crippen LogP contribution in [-0.4, -0.2) is 49.3 Å². The first kappa shape index (κ1) is 16.1.